The van der Waals surface area contributed by atoms with Crippen molar-refractivity contribution >= 4 is 17.1 Å². The first-order chi connectivity index (χ1) is 10.1. The van der Waals surface area contributed by atoms with Crippen LogP contribution in [-0.4, -0.2) is 4.92 Å². The van der Waals surface area contributed by atoms with E-state index in [1.165, 1.54) is 17.7 Å². The van der Waals surface area contributed by atoms with Crippen molar-refractivity contribution in [3.63, 3.8) is 0 Å². The molecule has 0 unspecified atom stereocenters. The van der Waals surface area contributed by atoms with Crippen LogP contribution in [-0.2, 0) is 6.42 Å². The summed E-state index contributed by atoms with van der Waals surface area (Å²) in [5.74, 6) is -0.633. The molecule has 0 saturated heterocycles. The average molecular weight is 288 g/mol. The lowest BCUT2D eigenvalue weighted by molar-refractivity contribution is -0.385. The standard InChI is InChI=1S/C16H17FN2O2/c1-2-3-4-12-5-7-14(8-6-12)18-15-9-13(17)10-16(11-15)19(20)21/h5-11,18H,2-4H2,1H3. The van der Waals surface area contributed by atoms with E-state index in [4.69, 9.17) is 0 Å². The maximum atomic E-state index is 13.3. The molecule has 0 spiro atoms. The summed E-state index contributed by atoms with van der Waals surface area (Å²) in [5.41, 5.74) is 2.11. The van der Waals surface area contributed by atoms with Gasteiger partial charge in [0.05, 0.1) is 11.0 Å². The van der Waals surface area contributed by atoms with Crippen LogP contribution < -0.4 is 5.32 Å². The summed E-state index contributed by atoms with van der Waals surface area (Å²) in [4.78, 5) is 10.1. The number of anilines is 2. The van der Waals surface area contributed by atoms with Crippen LogP contribution in [0.3, 0.4) is 0 Å². The Morgan fingerprint density at radius 2 is 1.86 bits per heavy atom. The smallest absolute Gasteiger partial charge is 0.274 e. The summed E-state index contributed by atoms with van der Waals surface area (Å²) in [6, 6.07) is 11.2. The van der Waals surface area contributed by atoms with Crippen molar-refractivity contribution in [2.75, 3.05) is 5.32 Å². The second-order valence-electron chi connectivity index (χ2n) is 4.88. The zero-order chi connectivity index (χ0) is 15.2. The molecule has 0 aliphatic heterocycles. The molecule has 110 valence electrons. The normalized spacial score (nSPS) is 10.4. The average Bonchev–Trinajstić information content (AvgIpc) is 2.46. The van der Waals surface area contributed by atoms with E-state index in [-0.39, 0.29) is 5.69 Å². The fourth-order valence-electron chi connectivity index (χ4n) is 2.05. The highest BCUT2D eigenvalue weighted by Gasteiger charge is 2.09. The van der Waals surface area contributed by atoms with Gasteiger partial charge in [0.1, 0.15) is 5.82 Å². The van der Waals surface area contributed by atoms with Gasteiger partial charge in [0.2, 0.25) is 0 Å². The summed E-state index contributed by atoms with van der Waals surface area (Å²) in [6.07, 6.45) is 3.32. The first-order valence-corrected chi connectivity index (χ1v) is 6.89. The molecule has 5 heteroatoms. The Labute approximate surface area is 122 Å². The number of aryl methyl sites for hydroxylation is 1. The summed E-state index contributed by atoms with van der Waals surface area (Å²) < 4.78 is 13.3. The van der Waals surface area contributed by atoms with E-state index in [1.807, 2.05) is 24.3 Å². The van der Waals surface area contributed by atoms with Gasteiger partial charge in [0, 0.05) is 17.4 Å². The highest BCUT2D eigenvalue weighted by atomic mass is 19.1. The van der Waals surface area contributed by atoms with Gasteiger partial charge in [-0.15, -0.1) is 0 Å². The van der Waals surface area contributed by atoms with Crippen LogP contribution in [0.5, 0.6) is 0 Å². The molecule has 0 aromatic heterocycles. The van der Waals surface area contributed by atoms with Gasteiger partial charge in [0.25, 0.3) is 5.69 Å². The van der Waals surface area contributed by atoms with E-state index in [0.717, 1.165) is 31.0 Å². The number of hydrogen-bond donors (Lipinski definition) is 1. The number of nitrogens with zero attached hydrogens (tertiary/aromatic N) is 1. The number of nitro groups is 1. The van der Waals surface area contributed by atoms with Crippen molar-refractivity contribution in [2.45, 2.75) is 26.2 Å². The number of non-ortho nitro benzene ring substituents is 1. The Hall–Kier alpha value is -2.43. The van der Waals surface area contributed by atoms with Gasteiger partial charge in [0.15, 0.2) is 0 Å². The summed E-state index contributed by atoms with van der Waals surface area (Å²) >= 11 is 0. The Kier molecular flexibility index (Phi) is 4.87. The topological polar surface area (TPSA) is 55.2 Å². The maximum absolute atomic E-state index is 13.3. The molecule has 2 aromatic rings. The lowest BCUT2D eigenvalue weighted by Crippen LogP contribution is -1.95. The van der Waals surface area contributed by atoms with E-state index < -0.39 is 10.7 Å². The van der Waals surface area contributed by atoms with Gasteiger partial charge in [-0.05, 0) is 36.6 Å². The second-order valence-corrected chi connectivity index (χ2v) is 4.88. The maximum Gasteiger partial charge on any atom is 0.274 e. The first-order valence-electron chi connectivity index (χ1n) is 6.89. The summed E-state index contributed by atoms with van der Waals surface area (Å²) in [6.45, 7) is 2.15. The third kappa shape index (κ3) is 4.27. The van der Waals surface area contributed by atoms with Gasteiger partial charge in [-0.3, -0.25) is 10.1 Å². The minimum Gasteiger partial charge on any atom is -0.355 e. The van der Waals surface area contributed by atoms with Crippen LogP contribution in [0.25, 0.3) is 0 Å². The molecule has 0 aliphatic carbocycles. The van der Waals surface area contributed by atoms with Gasteiger partial charge in [-0.2, -0.15) is 0 Å². The number of hydrogen-bond acceptors (Lipinski definition) is 3. The molecule has 4 nitrogen and oxygen atoms in total. The molecule has 0 amide bonds. The third-order valence-corrected chi connectivity index (χ3v) is 3.15. The Morgan fingerprint density at radius 1 is 1.14 bits per heavy atom. The number of nitrogens with one attached hydrogen (secondary N) is 1. The van der Waals surface area contributed by atoms with E-state index in [1.54, 1.807) is 0 Å². The van der Waals surface area contributed by atoms with Crippen LogP contribution in [0.15, 0.2) is 42.5 Å². The minimum atomic E-state index is -0.633. The molecule has 21 heavy (non-hydrogen) atoms. The second kappa shape index (κ2) is 6.83. The molecule has 0 bridgehead atoms. The molecule has 2 aromatic carbocycles. The van der Waals surface area contributed by atoms with Crippen molar-refractivity contribution in [2.24, 2.45) is 0 Å². The van der Waals surface area contributed by atoms with Crippen molar-refractivity contribution in [3.05, 3.63) is 64.0 Å². The summed E-state index contributed by atoms with van der Waals surface area (Å²) in [7, 11) is 0. The fraction of sp³-hybridized carbons (Fsp3) is 0.250. The molecule has 0 radical (unpaired) electrons. The Bertz CT molecular complexity index is 627. The summed E-state index contributed by atoms with van der Waals surface area (Å²) in [5, 5.41) is 13.7. The number of nitro benzene ring substituents is 1. The molecule has 0 atom stereocenters. The van der Waals surface area contributed by atoms with Crippen LogP contribution in [0.4, 0.5) is 21.5 Å². The van der Waals surface area contributed by atoms with E-state index in [0.29, 0.717) is 5.69 Å². The van der Waals surface area contributed by atoms with Crippen molar-refractivity contribution < 1.29 is 9.31 Å². The van der Waals surface area contributed by atoms with Crippen LogP contribution in [0.1, 0.15) is 25.3 Å². The van der Waals surface area contributed by atoms with Crippen LogP contribution >= 0.6 is 0 Å². The first kappa shape index (κ1) is 15.0. The molecule has 2 rings (SSSR count). The third-order valence-electron chi connectivity index (χ3n) is 3.15. The minimum absolute atomic E-state index is 0.267. The van der Waals surface area contributed by atoms with E-state index in [9.17, 15) is 14.5 Å². The van der Waals surface area contributed by atoms with Crippen molar-refractivity contribution in [1.29, 1.82) is 0 Å². The Balaban J connectivity index is 2.12. The largest absolute Gasteiger partial charge is 0.355 e. The highest BCUT2D eigenvalue weighted by Crippen LogP contribution is 2.23. The van der Waals surface area contributed by atoms with Gasteiger partial charge < -0.3 is 5.32 Å². The van der Waals surface area contributed by atoms with Crippen LogP contribution in [0.2, 0.25) is 0 Å². The number of halogens is 1. The molecule has 0 heterocycles. The van der Waals surface area contributed by atoms with Crippen LogP contribution in [0, 0.1) is 15.9 Å². The molecular formula is C16H17FN2O2. The van der Waals surface area contributed by atoms with Gasteiger partial charge in [-0.25, -0.2) is 4.39 Å². The lowest BCUT2D eigenvalue weighted by atomic mass is 10.1. The van der Waals surface area contributed by atoms with Crippen molar-refractivity contribution in [3.8, 4) is 0 Å². The molecular weight excluding hydrogens is 271 g/mol. The quantitative estimate of drug-likeness (QED) is 0.612. The Morgan fingerprint density at radius 3 is 2.48 bits per heavy atom. The lowest BCUT2D eigenvalue weighted by Gasteiger charge is -2.08. The molecule has 0 saturated carbocycles. The predicted molar refractivity (Wildman–Crippen MR) is 81.4 cm³/mol. The number of benzene rings is 2. The number of rotatable bonds is 6. The van der Waals surface area contributed by atoms with Crippen molar-refractivity contribution in [1.82, 2.24) is 0 Å². The monoisotopic (exact) mass is 288 g/mol. The molecule has 0 aliphatic rings. The van der Waals surface area contributed by atoms with E-state index >= 15 is 0 Å². The zero-order valence-corrected chi connectivity index (χ0v) is 11.8. The molecule has 0 fully saturated rings. The fourth-order valence-corrected chi connectivity index (χ4v) is 2.05. The zero-order valence-electron chi connectivity index (χ0n) is 11.8. The van der Waals surface area contributed by atoms with Gasteiger partial charge in [-0.1, -0.05) is 25.5 Å². The van der Waals surface area contributed by atoms with Gasteiger partial charge >= 0.3 is 0 Å². The predicted octanol–water partition coefficient (Wildman–Crippen LogP) is 4.82. The molecule has 1 N–H and O–H groups in total. The SMILES string of the molecule is CCCCc1ccc(Nc2cc(F)cc([N+](=O)[O-])c2)cc1. The highest BCUT2D eigenvalue weighted by molar-refractivity contribution is 5.62. The van der Waals surface area contributed by atoms with E-state index in [2.05, 4.69) is 12.2 Å². The number of unbranched alkanes of at least 4 members (excludes halogenated alkanes) is 1.